The van der Waals surface area contributed by atoms with Crippen LogP contribution in [0.15, 0.2) is 36.7 Å². The van der Waals surface area contributed by atoms with E-state index in [2.05, 4.69) is 16.4 Å². The highest BCUT2D eigenvalue weighted by Gasteiger charge is 2.20. The highest BCUT2D eigenvalue weighted by Crippen LogP contribution is 2.34. The number of fused-ring (bicyclic) bond motifs is 1. The summed E-state index contributed by atoms with van der Waals surface area (Å²) in [6, 6.07) is 8.06. The van der Waals surface area contributed by atoms with E-state index in [0.717, 1.165) is 25.8 Å². The molecule has 0 bridgehead atoms. The van der Waals surface area contributed by atoms with Crippen LogP contribution in [0.3, 0.4) is 0 Å². The fraction of sp³-hybridized carbons (Fsp3) is 0.368. The molecule has 1 aliphatic rings. The Morgan fingerprint density at radius 1 is 1.40 bits per heavy atom. The maximum absolute atomic E-state index is 11.5. The molecule has 1 atom stereocenters. The summed E-state index contributed by atoms with van der Waals surface area (Å²) < 4.78 is 11.0. The van der Waals surface area contributed by atoms with Crippen LogP contribution in [0.25, 0.3) is 0 Å². The lowest BCUT2D eigenvalue weighted by atomic mass is 9.87. The van der Waals surface area contributed by atoms with Gasteiger partial charge in [-0.2, -0.15) is 0 Å². The van der Waals surface area contributed by atoms with Gasteiger partial charge in [0.2, 0.25) is 0 Å². The molecule has 0 aliphatic heterocycles. The third-order valence-electron chi connectivity index (χ3n) is 4.40. The number of nitrogens with two attached hydrogens (primary N) is 1. The fourth-order valence-corrected chi connectivity index (χ4v) is 3.18. The molecule has 25 heavy (non-hydrogen) atoms. The van der Waals surface area contributed by atoms with Gasteiger partial charge in [-0.3, -0.25) is 9.78 Å². The van der Waals surface area contributed by atoms with Crippen molar-refractivity contribution < 1.29 is 14.3 Å². The highest BCUT2D eigenvalue weighted by molar-refractivity contribution is 5.95. The maximum atomic E-state index is 11.5. The molecular formula is C19H23N3O3. The van der Waals surface area contributed by atoms with Crippen LogP contribution in [0.2, 0.25) is 0 Å². The van der Waals surface area contributed by atoms with Crippen molar-refractivity contribution in [1.82, 2.24) is 10.3 Å². The van der Waals surface area contributed by atoms with Crippen molar-refractivity contribution in [2.75, 3.05) is 20.3 Å². The minimum atomic E-state index is -0.552. The third-order valence-corrected chi connectivity index (χ3v) is 4.40. The lowest BCUT2D eigenvalue weighted by Crippen LogP contribution is -2.28. The summed E-state index contributed by atoms with van der Waals surface area (Å²) in [5, 5.41) is 3.54. The summed E-state index contributed by atoms with van der Waals surface area (Å²) >= 11 is 0. The first kappa shape index (κ1) is 17.4. The van der Waals surface area contributed by atoms with Crippen LogP contribution >= 0.6 is 0 Å². The quantitative estimate of drug-likeness (QED) is 0.756. The van der Waals surface area contributed by atoms with Crippen molar-refractivity contribution >= 4 is 5.91 Å². The van der Waals surface area contributed by atoms with E-state index in [4.69, 9.17) is 15.2 Å². The minimum absolute atomic E-state index is 0.277. The van der Waals surface area contributed by atoms with E-state index in [1.165, 1.54) is 17.3 Å². The molecular weight excluding hydrogens is 318 g/mol. The molecule has 1 aromatic carbocycles. The Bertz CT molecular complexity index is 748. The Labute approximate surface area is 147 Å². The SMILES string of the molecule is COCCNC1CCCc2cc(Oc3ccncc3C(N)=O)ccc21. The van der Waals surface area contributed by atoms with Gasteiger partial charge < -0.3 is 20.5 Å². The molecule has 3 N–H and O–H groups in total. The average molecular weight is 341 g/mol. The average Bonchev–Trinajstić information content (AvgIpc) is 2.62. The van der Waals surface area contributed by atoms with E-state index in [-0.39, 0.29) is 5.56 Å². The summed E-state index contributed by atoms with van der Waals surface area (Å²) in [7, 11) is 1.71. The predicted molar refractivity (Wildman–Crippen MR) is 94.8 cm³/mol. The van der Waals surface area contributed by atoms with Gasteiger partial charge in [-0.25, -0.2) is 0 Å². The van der Waals surface area contributed by atoms with Crippen LogP contribution < -0.4 is 15.8 Å². The van der Waals surface area contributed by atoms with Crippen LogP contribution in [0.4, 0.5) is 0 Å². The highest BCUT2D eigenvalue weighted by atomic mass is 16.5. The van der Waals surface area contributed by atoms with Gasteiger partial charge in [-0.15, -0.1) is 0 Å². The second-order valence-electron chi connectivity index (χ2n) is 6.09. The summed E-state index contributed by atoms with van der Waals surface area (Å²) in [4.78, 5) is 15.4. The summed E-state index contributed by atoms with van der Waals surface area (Å²) in [5.74, 6) is 0.571. The zero-order valence-electron chi connectivity index (χ0n) is 14.3. The molecule has 6 heteroatoms. The molecule has 1 heterocycles. The molecule has 132 valence electrons. The topological polar surface area (TPSA) is 86.5 Å². The first-order valence-corrected chi connectivity index (χ1v) is 8.46. The van der Waals surface area contributed by atoms with Crippen molar-refractivity contribution in [3.63, 3.8) is 0 Å². The number of pyridine rings is 1. The smallest absolute Gasteiger partial charge is 0.254 e. The number of nitrogens with one attached hydrogen (secondary N) is 1. The monoisotopic (exact) mass is 341 g/mol. The number of methoxy groups -OCH3 is 1. The van der Waals surface area contributed by atoms with Gasteiger partial charge in [0.25, 0.3) is 5.91 Å². The van der Waals surface area contributed by atoms with Crippen molar-refractivity contribution in [3.8, 4) is 11.5 Å². The van der Waals surface area contributed by atoms with Gasteiger partial charge in [0.15, 0.2) is 0 Å². The Kier molecular flexibility index (Phi) is 5.63. The number of rotatable bonds is 7. The Balaban J connectivity index is 1.78. The van der Waals surface area contributed by atoms with E-state index in [1.54, 1.807) is 19.4 Å². The number of amides is 1. The molecule has 0 radical (unpaired) electrons. The van der Waals surface area contributed by atoms with Gasteiger partial charge in [0.05, 0.1) is 6.61 Å². The van der Waals surface area contributed by atoms with Crippen LogP contribution in [0.1, 0.15) is 40.4 Å². The number of carbonyl (C=O) groups excluding carboxylic acids is 1. The zero-order valence-corrected chi connectivity index (χ0v) is 14.3. The number of benzene rings is 1. The van der Waals surface area contributed by atoms with Gasteiger partial charge >= 0.3 is 0 Å². The number of hydrogen-bond donors (Lipinski definition) is 2. The minimum Gasteiger partial charge on any atom is -0.456 e. The largest absolute Gasteiger partial charge is 0.456 e. The molecule has 2 aromatic rings. The number of hydrogen-bond acceptors (Lipinski definition) is 5. The molecule has 1 aliphatic carbocycles. The lowest BCUT2D eigenvalue weighted by Gasteiger charge is -2.27. The van der Waals surface area contributed by atoms with Crippen molar-refractivity contribution in [1.29, 1.82) is 0 Å². The summed E-state index contributed by atoms with van der Waals surface area (Å²) in [6.07, 6.45) is 6.27. The van der Waals surface area contributed by atoms with E-state index in [1.807, 2.05) is 12.1 Å². The molecule has 0 spiro atoms. The molecule has 0 fully saturated rings. The first-order valence-electron chi connectivity index (χ1n) is 8.46. The number of primary amides is 1. The summed E-state index contributed by atoms with van der Waals surface area (Å²) in [6.45, 7) is 1.53. The number of carbonyl (C=O) groups is 1. The third kappa shape index (κ3) is 4.15. The van der Waals surface area contributed by atoms with Crippen molar-refractivity contribution in [2.45, 2.75) is 25.3 Å². The van der Waals surface area contributed by atoms with E-state index in [9.17, 15) is 4.79 Å². The maximum Gasteiger partial charge on any atom is 0.254 e. The zero-order chi connectivity index (χ0) is 17.6. The molecule has 0 saturated heterocycles. The first-order chi connectivity index (χ1) is 12.2. The lowest BCUT2D eigenvalue weighted by molar-refractivity contribution is 0.0997. The number of ether oxygens (including phenoxy) is 2. The number of nitrogens with zero attached hydrogens (tertiary/aromatic N) is 1. The van der Waals surface area contributed by atoms with E-state index >= 15 is 0 Å². The van der Waals surface area contributed by atoms with Gasteiger partial charge in [-0.1, -0.05) is 6.07 Å². The molecule has 1 amide bonds. The number of aryl methyl sites for hydroxylation is 1. The number of aromatic nitrogens is 1. The van der Waals surface area contributed by atoms with E-state index < -0.39 is 5.91 Å². The molecule has 1 aromatic heterocycles. The molecule has 3 rings (SSSR count). The summed E-state index contributed by atoms with van der Waals surface area (Å²) in [5.41, 5.74) is 8.23. The van der Waals surface area contributed by atoms with Gasteiger partial charge in [0, 0.05) is 32.1 Å². The van der Waals surface area contributed by atoms with Gasteiger partial charge in [-0.05, 0) is 48.6 Å². The van der Waals surface area contributed by atoms with Crippen LogP contribution in [-0.2, 0) is 11.2 Å². The normalized spacial score (nSPS) is 16.3. The second-order valence-corrected chi connectivity index (χ2v) is 6.09. The molecule has 6 nitrogen and oxygen atoms in total. The van der Waals surface area contributed by atoms with Crippen molar-refractivity contribution in [3.05, 3.63) is 53.3 Å². The fourth-order valence-electron chi connectivity index (χ4n) is 3.18. The van der Waals surface area contributed by atoms with E-state index in [0.29, 0.717) is 24.1 Å². The predicted octanol–water partition coefficient (Wildman–Crippen LogP) is 2.59. The Morgan fingerprint density at radius 3 is 3.08 bits per heavy atom. The van der Waals surface area contributed by atoms with Crippen LogP contribution in [-0.4, -0.2) is 31.2 Å². The standard InChI is InChI=1S/C19H23N3O3/c1-24-10-9-22-17-4-2-3-13-11-14(5-6-15(13)17)25-18-7-8-21-12-16(18)19(20)23/h5-8,11-12,17,22H,2-4,9-10H2,1H3,(H2,20,23). The van der Waals surface area contributed by atoms with Gasteiger partial charge in [0.1, 0.15) is 17.1 Å². The molecule has 1 unspecified atom stereocenters. The van der Waals surface area contributed by atoms with Crippen LogP contribution in [0.5, 0.6) is 11.5 Å². The van der Waals surface area contributed by atoms with Crippen LogP contribution in [0, 0.1) is 0 Å². The molecule has 0 saturated carbocycles. The Hall–Kier alpha value is -2.44. The second kappa shape index (κ2) is 8.09. The van der Waals surface area contributed by atoms with Crippen molar-refractivity contribution in [2.24, 2.45) is 5.73 Å². The Morgan fingerprint density at radius 2 is 2.28 bits per heavy atom.